The predicted octanol–water partition coefficient (Wildman–Crippen LogP) is 2.65. The molecule has 0 aromatic heterocycles. The summed E-state index contributed by atoms with van der Waals surface area (Å²) in [5.74, 6) is 1.57. The molecule has 4 N–H and O–H groups in total. The van der Waals surface area contributed by atoms with Gasteiger partial charge in [0.25, 0.3) is 0 Å². The molecule has 0 bridgehead atoms. The summed E-state index contributed by atoms with van der Waals surface area (Å²) in [6, 6.07) is 13.3. The highest BCUT2D eigenvalue weighted by molar-refractivity contribution is 5.63. The molecule has 0 radical (unpaired) electrons. The number of methoxy groups -OCH3 is 1. The average Bonchev–Trinajstić information content (AvgIpc) is 2.55. The molecule has 2 aromatic rings. The third-order valence-electron chi connectivity index (χ3n) is 3.21. The predicted molar refractivity (Wildman–Crippen MR) is 88.4 cm³/mol. The van der Waals surface area contributed by atoms with Crippen molar-refractivity contribution < 1.29 is 14.6 Å². The highest BCUT2D eigenvalue weighted by Gasteiger charge is 2.05. The van der Waals surface area contributed by atoms with E-state index in [1.807, 2.05) is 36.4 Å². The Bertz CT molecular complexity index is 585. The maximum atomic E-state index is 8.83. The van der Waals surface area contributed by atoms with E-state index in [2.05, 4.69) is 5.32 Å². The number of nitrogens with two attached hydrogens (primary N) is 1. The lowest BCUT2D eigenvalue weighted by Gasteiger charge is -2.14. The fourth-order valence-electron chi connectivity index (χ4n) is 2.00. The minimum absolute atomic E-state index is 0.115. The number of hydrogen-bond donors (Lipinski definition) is 3. The Hall–Kier alpha value is -2.40. The van der Waals surface area contributed by atoms with Crippen LogP contribution >= 0.6 is 0 Å². The normalized spacial score (nSPS) is 10.3. The monoisotopic (exact) mass is 302 g/mol. The third kappa shape index (κ3) is 4.56. The molecular weight excluding hydrogens is 280 g/mol. The molecule has 0 aliphatic rings. The molecular formula is C17H22N2O3. The summed E-state index contributed by atoms with van der Waals surface area (Å²) in [7, 11) is 1.65. The zero-order valence-corrected chi connectivity index (χ0v) is 12.7. The number of nitrogen functional groups attached to an aromatic ring is 1. The summed E-state index contributed by atoms with van der Waals surface area (Å²) in [5, 5.41) is 12.2. The number of aliphatic hydroxyl groups excluding tert-OH is 1. The van der Waals surface area contributed by atoms with Crippen molar-refractivity contribution in [3.8, 4) is 11.5 Å². The Kier molecular flexibility index (Phi) is 5.91. The van der Waals surface area contributed by atoms with Crippen LogP contribution in [-0.4, -0.2) is 25.4 Å². The van der Waals surface area contributed by atoms with Gasteiger partial charge in [0.2, 0.25) is 0 Å². The van der Waals surface area contributed by atoms with E-state index in [1.165, 1.54) is 0 Å². The second-order valence-electron chi connectivity index (χ2n) is 4.88. The first-order valence-electron chi connectivity index (χ1n) is 7.23. The van der Waals surface area contributed by atoms with Gasteiger partial charge >= 0.3 is 0 Å². The topological polar surface area (TPSA) is 76.7 Å². The van der Waals surface area contributed by atoms with Crippen molar-refractivity contribution in [1.82, 2.24) is 0 Å². The molecule has 0 saturated carbocycles. The molecule has 2 aromatic carbocycles. The minimum atomic E-state index is 0.115. The Morgan fingerprint density at radius 2 is 1.91 bits per heavy atom. The second-order valence-corrected chi connectivity index (χ2v) is 4.88. The molecule has 118 valence electrons. The molecule has 5 heteroatoms. The van der Waals surface area contributed by atoms with E-state index in [4.69, 9.17) is 20.3 Å². The summed E-state index contributed by atoms with van der Waals surface area (Å²) >= 11 is 0. The van der Waals surface area contributed by atoms with Crippen LogP contribution in [0.3, 0.4) is 0 Å². The highest BCUT2D eigenvalue weighted by atomic mass is 16.5. The van der Waals surface area contributed by atoms with Crippen LogP contribution in [0.4, 0.5) is 11.4 Å². The van der Waals surface area contributed by atoms with Gasteiger partial charge in [-0.25, -0.2) is 0 Å². The summed E-state index contributed by atoms with van der Waals surface area (Å²) < 4.78 is 10.8. The molecule has 0 fully saturated rings. The van der Waals surface area contributed by atoms with Crippen molar-refractivity contribution in [3.05, 3.63) is 48.0 Å². The van der Waals surface area contributed by atoms with Gasteiger partial charge in [0.15, 0.2) is 0 Å². The van der Waals surface area contributed by atoms with Crippen molar-refractivity contribution in [1.29, 1.82) is 0 Å². The summed E-state index contributed by atoms with van der Waals surface area (Å²) in [5.41, 5.74) is 8.48. The molecule has 0 atom stereocenters. The number of benzene rings is 2. The van der Waals surface area contributed by atoms with Crippen molar-refractivity contribution in [2.45, 2.75) is 13.0 Å². The van der Waals surface area contributed by atoms with Gasteiger partial charge in [-0.15, -0.1) is 0 Å². The molecule has 5 nitrogen and oxygen atoms in total. The van der Waals surface area contributed by atoms with Gasteiger partial charge in [0, 0.05) is 25.3 Å². The Morgan fingerprint density at radius 1 is 1.14 bits per heavy atom. The van der Waals surface area contributed by atoms with Gasteiger partial charge in [0.1, 0.15) is 11.5 Å². The summed E-state index contributed by atoms with van der Waals surface area (Å²) in [6.45, 7) is 1.24. The van der Waals surface area contributed by atoms with Gasteiger partial charge in [-0.05, 0) is 35.9 Å². The lowest BCUT2D eigenvalue weighted by molar-refractivity contribution is 0.234. The van der Waals surface area contributed by atoms with E-state index in [1.54, 1.807) is 13.2 Å². The van der Waals surface area contributed by atoms with E-state index in [0.717, 1.165) is 22.7 Å². The zero-order valence-electron chi connectivity index (χ0n) is 12.7. The number of aliphatic hydroxyl groups is 1. The SMILES string of the molecule is COc1ccc(CNc2cc(N)ccc2OCCCO)cc1. The van der Waals surface area contributed by atoms with Crippen LogP contribution in [0, 0.1) is 0 Å². The maximum absolute atomic E-state index is 8.83. The van der Waals surface area contributed by atoms with Crippen molar-refractivity contribution in [2.75, 3.05) is 31.4 Å². The van der Waals surface area contributed by atoms with Crippen LogP contribution in [0.25, 0.3) is 0 Å². The van der Waals surface area contributed by atoms with Crippen LogP contribution in [-0.2, 0) is 6.54 Å². The number of hydrogen-bond acceptors (Lipinski definition) is 5. The van der Waals surface area contributed by atoms with Crippen molar-refractivity contribution >= 4 is 11.4 Å². The zero-order chi connectivity index (χ0) is 15.8. The highest BCUT2D eigenvalue weighted by Crippen LogP contribution is 2.27. The first-order chi connectivity index (χ1) is 10.7. The first-order valence-corrected chi connectivity index (χ1v) is 7.23. The van der Waals surface area contributed by atoms with Crippen LogP contribution in [0.5, 0.6) is 11.5 Å². The average molecular weight is 302 g/mol. The lowest BCUT2D eigenvalue weighted by atomic mass is 10.2. The fourth-order valence-corrected chi connectivity index (χ4v) is 2.00. The van der Waals surface area contributed by atoms with Crippen LogP contribution in [0.15, 0.2) is 42.5 Å². The summed E-state index contributed by atoms with van der Waals surface area (Å²) in [6.07, 6.45) is 0.600. The van der Waals surface area contributed by atoms with Crippen LogP contribution in [0.2, 0.25) is 0 Å². The fraction of sp³-hybridized carbons (Fsp3) is 0.294. The Labute approximate surface area is 130 Å². The molecule has 0 aliphatic heterocycles. The first kappa shape index (κ1) is 16.0. The molecule has 0 spiro atoms. The standard InChI is InChI=1S/C17H22N2O3/c1-21-15-6-3-13(4-7-15)12-19-16-11-14(18)5-8-17(16)22-10-2-9-20/h3-8,11,19-20H,2,9-10,12,18H2,1H3. The lowest BCUT2D eigenvalue weighted by Crippen LogP contribution is -2.05. The molecule has 0 heterocycles. The minimum Gasteiger partial charge on any atom is -0.497 e. The van der Waals surface area contributed by atoms with Gasteiger partial charge in [-0.3, -0.25) is 0 Å². The Morgan fingerprint density at radius 3 is 2.59 bits per heavy atom. The number of ether oxygens (including phenoxy) is 2. The van der Waals surface area contributed by atoms with E-state index in [0.29, 0.717) is 25.3 Å². The van der Waals surface area contributed by atoms with E-state index >= 15 is 0 Å². The molecule has 22 heavy (non-hydrogen) atoms. The number of nitrogens with one attached hydrogen (secondary N) is 1. The molecule has 2 rings (SSSR count). The number of rotatable bonds is 8. The maximum Gasteiger partial charge on any atom is 0.142 e. The largest absolute Gasteiger partial charge is 0.497 e. The van der Waals surface area contributed by atoms with Gasteiger partial charge in [-0.2, -0.15) is 0 Å². The van der Waals surface area contributed by atoms with Gasteiger partial charge in [-0.1, -0.05) is 12.1 Å². The van der Waals surface area contributed by atoms with E-state index < -0.39 is 0 Å². The summed E-state index contributed by atoms with van der Waals surface area (Å²) in [4.78, 5) is 0. The molecule has 0 saturated heterocycles. The second kappa shape index (κ2) is 8.14. The molecule has 0 amide bonds. The van der Waals surface area contributed by atoms with Crippen LogP contribution in [0.1, 0.15) is 12.0 Å². The van der Waals surface area contributed by atoms with E-state index in [-0.39, 0.29) is 6.61 Å². The Balaban J connectivity index is 2.01. The third-order valence-corrected chi connectivity index (χ3v) is 3.21. The van der Waals surface area contributed by atoms with Crippen LogP contribution < -0.4 is 20.5 Å². The quantitative estimate of drug-likeness (QED) is 0.516. The van der Waals surface area contributed by atoms with Gasteiger partial charge in [0.05, 0.1) is 19.4 Å². The van der Waals surface area contributed by atoms with Gasteiger partial charge < -0.3 is 25.6 Å². The van der Waals surface area contributed by atoms with Crippen molar-refractivity contribution in [2.24, 2.45) is 0 Å². The molecule has 0 unspecified atom stereocenters. The molecule has 0 aliphatic carbocycles. The van der Waals surface area contributed by atoms with E-state index in [9.17, 15) is 0 Å². The smallest absolute Gasteiger partial charge is 0.142 e. The van der Waals surface area contributed by atoms with Crippen molar-refractivity contribution in [3.63, 3.8) is 0 Å². The number of anilines is 2.